The minimum absolute atomic E-state index is 0.0990. The molecule has 1 aromatic heterocycles. The molecule has 25 heavy (non-hydrogen) atoms. The number of fused-ring (bicyclic) bond motifs is 3. The van der Waals surface area contributed by atoms with Crippen molar-refractivity contribution in [2.24, 2.45) is 0 Å². The third kappa shape index (κ3) is 3.42. The Morgan fingerprint density at radius 1 is 1.28 bits per heavy atom. The number of aryl methyl sites for hydroxylation is 2. The van der Waals surface area contributed by atoms with Gasteiger partial charge in [0.25, 0.3) is 0 Å². The molecule has 3 nitrogen and oxygen atoms in total. The van der Waals surface area contributed by atoms with Gasteiger partial charge in [0.05, 0.1) is 6.42 Å². The Hall–Kier alpha value is -2.26. The summed E-state index contributed by atoms with van der Waals surface area (Å²) in [6.07, 6.45) is 3.23. The number of nitrogens with one attached hydrogen (secondary N) is 2. The molecule has 1 aliphatic rings. The van der Waals surface area contributed by atoms with Gasteiger partial charge in [-0.05, 0) is 49.4 Å². The number of hydrogen-bond acceptors (Lipinski definition) is 1. The Labute approximate surface area is 152 Å². The monoisotopic (exact) mass is 352 g/mol. The molecule has 0 spiro atoms. The predicted molar refractivity (Wildman–Crippen MR) is 102 cm³/mol. The van der Waals surface area contributed by atoms with E-state index < -0.39 is 0 Å². The fourth-order valence-corrected chi connectivity index (χ4v) is 3.98. The average molecular weight is 353 g/mol. The van der Waals surface area contributed by atoms with Crippen LogP contribution in [0.5, 0.6) is 0 Å². The molecule has 1 amide bonds. The van der Waals surface area contributed by atoms with Gasteiger partial charge in [0.15, 0.2) is 0 Å². The van der Waals surface area contributed by atoms with Gasteiger partial charge in [-0.15, -0.1) is 0 Å². The lowest BCUT2D eigenvalue weighted by atomic mass is 9.91. The number of rotatable bonds is 3. The number of aromatic amines is 1. The van der Waals surface area contributed by atoms with Gasteiger partial charge < -0.3 is 10.3 Å². The van der Waals surface area contributed by atoms with Gasteiger partial charge in [-0.25, -0.2) is 0 Å². The van der Waals surface area contributed by atoms with Crippen LogP contribution in [-0.2, 0) is 24.1 Å². The van der Waals surface area contributed by atoms with Crippen molar-refractivity contribution < 1.29 is 4.79 Å². The second kappa shape index (κ2) is 6.57. The van der Waals surface area contributed by atoms with Crippen LogP contribution >= 0.6 is 11.6 Å². The average Bonchev–Trinajstić information content (AvgIpc) is 2.91. The fourth-order valence-electron chi connectivity index (χ4n) is 3.81. The second-order valence-electron chi connectivity index (χ2n) is 6.95. The molecule has 0 saturated heterocycles. The molecule has 4 rings (SSSR count). The quantitative estimate of drug-likeness (QED) is 0.723. The van der Waals surface area contributed by atoms with Crippen LogP contribution in [0.25, 0.3) is 10.9 Å². The summed E-state index contributed by atoms with van der Waals surface area (Å²) in [6.45, 7) is 2.05. The number of aromatic nitrogens is 1. The van der Waals surface area contributed by atoms with Crippen molar-refractivity contribution >= 4 is 28.4 Å². The van der Waals surface area contributed by atoms with Gasteiger partial charge in [0, 0.05) is 27.7 Å². The van der Waals surface area contributed by atoms with Crippen LogP contribution in [0.3, 0.4) is 0 Å². The number of benzene rings is 2. The van der Waals surface area contributed by atoms with Crippen molar-refractivity contribution in [2.45, 2.75) is 38.6 Å². The molecule has 1 unspecified atom stereocenters. The van der Waals surface area contributed by atoms with Gasteiger partial charge in [-0.2, -0.15) is 0 Å². The first-order valence-electron chi connectivity index (χ1n) is 8.72. The maximum atomic E-state index is 12.4. The van der Waals surface area contributed by atoms with Crippen LogP contribution in [0, 0.1) is 6.92 Å². The van der Waals surface area contributed by atoms with Crippen LogP contribution in [0.15, 0.2) is 42.5 Å². The molecule has 0 aliphatic heterocycles. The highest BCUT2D eigenvalue weighted by molar-refractivity contribution is 6.31. The Balaban J connectivity index is 1.47. The maximum absolute atomic E-state index is 12.4. The van der Waals surface area contributed by atoms with Gasteiger partial charge in [-0.3, -0.25) is 4.79 Å². The van der Waals surface area contributed by atoms with Crippen LogP contribution in [0.4, 0.5) is 0 Å². The molecule has 0 bridgehead atoms. The smallest absolute Gasteiger partial charge is 0.224 e. The molecular formula is C21H21ClN2O. The Morgan fingerprint density at radius 2 is 2.16 bits per heavy atom. The highest BCUT2D eigenvalue weighted by atomic mass is 35.5. The lowest BCUT2D eigenvalue weighted by Crippen LogP contribution is -2.39. The third-order valence-corrected chi connectivity index (χ3v) is 5.20. The molecule has 0 radical (unpaired) electrons. The minimum Gasteiger partial charge on any atom is -0.358 e. The van der Waals surface area contributed by atoms with E-state index in [9.17, 15) is 4.79 Å². The zero-order valence-electron chi connectivity index (χ0n) is 14.2. The van der Waals surface area contributed by atoms with E-state index in [1.54, 1.807) is 0 Å². The van der Waals surface area contributed by atoms with Gasteiger partial charge in [0.1, 0.15) is 0 Å². The molecule has 128 valence electrons. The normalized spacial score (nSPS) is 16.6. The highest BCUT2D eigenvalue weighted by Gasteiger charge is 2.23. The van der Waals surface area contributed by atoms with E-state index >= 15 is 0 Å². The Morgan fingerprint density at radius 3 is 3.00 bits per heavy atom. The van der Waals surface area contributed by atoms with Crippen molar-refractivity contribution in [1.29, 1.82) is 0 Å². The van der Waals surface area contributed by atoms with Gasteiger partial charge in [0.2, 0.25) is 5.91 Å². The van der Waals surface area contributed by atoms with Crippen LogP contribution < -0.4 is 5.32 Å². The second-order valence-corrected chi connectivity index (χ2v) is 7.38. The van der Waals surface area contributed by atoms with E-state index in [0.717, 1.165) is 35.4 Å². The summed E-state index contributed by atoms with van der Waals surface area (Å²) in [4.78, 5) is 15.9. The number of carbonyl (C=O) groups excluding carboxylic acids is 1. The summed E-state index contributed by atoms with van der Waals surface area (Å²) >= 11 is 6.09. The molecule has 4 heteroatoms. The SMILES string of the molecule is Cc1cccc(CC(=O)NC2CCc3[nH]c4cc(Cl)ccc4c3C2)c1. The summed E-state index contributed by atoms with van der Waals surface area (Å²) in [6, 6.07) is 14.3. The van der Waals surface area contributed by atoms with Crippen LogP contribution in [0.2, 0.25) is 5.02 Å². The molecule has 2 N–H and O–H groups in total. The summed E-state index contributed by atoms with van der Waals surface area (Å²) < 4.78 is 0. The summed E-state index contributed by atoms with van der Waals surface area (Å²) in [5.41, 5.74) is 5.94. The minimum atomic E-state index is 0.0990. The van der Waals surface area contributed by atoms with E-state index in [4.69, 9.17) is 11.6 Å². The van der Waals surface area contributed by atoms with Crippen molar-refractivity contribution in [3.8, 4) is 0 Å². The molecule has 0 fully saturated rings. The molecule has 1 aliphatic carbocycles. The summed E-state index contributed by atoms with van der Waals surface area (Å²) in [5, 5.41) is 5.18. The van der Waals surface area contributed by atoms with E-state index in [-0.39, 0.29) is 11.9 Å². The topological polar surface area (TPSA) is 44.9 Å². The van der Waals surface area contributed by atoms with E-state index in [1.807, 2.05) is 37.3 Å². The van der Waals surface area contributed by atoms with Crippen molar-refractivity contribution in [3.63, 3.8) is 0 Å². The lowest BCUT2D eigenvalue weighted by Gasteiger charge is -2.23. The largest absolute Gasteiger partial charge is 0.358 e. The van der Waals surface area contributed by atoms with Crippen LogP contribution in [0.1, 0.15) is 28.8 Å². The Kier molecular flexibility index (Phi) is 4.26. The van der Waals surface area contributed by atoms with Crippen molar-refractivity contribution in [1.82, 2.24) is 10.3 Å². The van der Waals surface area contributed by atoms with Crippen molar-refractivity contribution in [2.75, 3.05) is 0 Å². The molecule has 0 saturated carbocycles. The lowest BCUT2D eigenvalue weighted by molar-refractivity contribution is -0.121. The summed E-state index contributed by atoms with van der Waals surface area (Å²) in [5.74, 6) is 0.0990. The first kappa shape index (κ1) is 16.2. The van der Waals surface area contributed by atoms with E-state index in [1.165, 1.54) is 22.2 Å². The number of carbonyl (C=O) groups is 1. The third-order valence-electron chi connectivity index (χ3n) is 4.96. The molecule has 2 aromatic carbocycles. The van der Waals surface area contributed by atoms with E-state index in [2.05, 4.69) is 22.4 Å². The zero-order chi connectivity index (χ0) is 17.4. The molecule has 1 atom stereocenters. The molecule has 3 aromatic rings. The summed E-state index contributed by atoms with van der Waals surface area (Å²) in [7, 11) is 0. The van der Waals surface area contributed by atoms with Gasteiger partial charge >= 0.3 is 0 Å². The number of halogens is 1. The molecule has 1 heterocycles. The fraction of sp³-hybridized carbons (Fsp3) is 0.286. The predicted octanol–water partition coefficient (Wildman–Crippen LogP) is 4.35. The first-order chi connectivity index (χ1) is 12.1. The number of amides is 1. The van der Waals surface area contributed by atoms with Gasteiger partial charge in [-0.1, -0.05) is 47.5 Å². The number of hydrogen-bond donors (Lipinski definition) is 2. The number of H-pyrrole nitrogens is 1. The van der Waals surface area contributed by atoms with Crippen LogP contribution in [-0.4, -0.2) is 16.9 Å². The zero-order valence-corrected chi connectivity index (χ0v) is 15.0. The maximum Gasteiger partial charge on any atom is 0.224 e. The highest BCUT2D eigenvalue weighted by Crippen LogP contribution is 2.30. The van der Waals surface area contributed by atoms with E-state index in [0.29, 0.717) is 6.42 Å². The standard InChI is InChI=1S/C21H21ClN2O/c1-13-3-2-4-14(9-13)10-21(25)23-16-6-8-19-18(12-16)17-7-5-15(22)11-20(17)24-19/h2-5,7,9,11,16,24H,6,8,10,12H2,1H3,(H,23,25). The van der Waals surface area contributed by atoms with Crippen molar-refractivity contribution in [3.05, 3.63) is 69.9 Å². The molecular weight excluding hydrogens is 332 g/mol. The first-order valence-corrected chi connectivity index (χ1v) is 9.10. The Bertz CT molecular complexity index is 944.